The van der Waals surface area contributed by atoms with Gasteiger partial charge in [-0.3, -0.25) is 14.5 Å². The van der Waals surface area contributed by atoms with Crippen LogP contribution in [0.2, 0.25) is 0 Å². The van der Waals surface area contributed by atoms with Crippen molar-refractivity contribution in [3.63, 3.8) is 0 Å². The van der Waals surface area contributed by atoms with Crippen molar-refractivity contribution in [2.45, 2.75) is 13.3 Å². The Labute approximate surface area is 194 Å². The van der Waals surface area contributed by atoms with E-state index in [1.54, 1.807) is 12.1 Å². The number of phenolic OH excluding ortho intramolecular Hbond substituents is 1. The summed E-state index contributed by atoms with van der Waals surface area (Å²) in [7, 11) is 2.70. The molecule has 3 rings (SSSR count). The molecule has 0 bridgehead atoms. The number of rotatable bonds is 6. The molecule has 31 heavy (non-hydrogen) atoms. The molecule has 9 heteroatoms. The van der Waals surface area contributed by atoms with E-state index < -0.39 is 5.97 Å². The number of amides is 1. The van der Waals surface area contributed by atoms with E-state index in [4.69, 9.17) is 21.7 Å². The molecule has 1 aliphatic rings. The predicted molar refractivity (Wildman–Crippen MR) is 125 cm³/mol. The Kier molecular flexibility index (Phi) is 6.97. The normalized spacial score (nSPS) is 15.0. The molecule has 1 amide bonds. The SMILES string of the molecule is CCc1ccc(N2C(=O)/C(=C/c3cc(OC)c(O)cc3Br)N(CC(=O)OC)C2=S)cc1. The summed E-state index contributed by atoms with van der Waals surface area (Å²) in [5.41, 5.74) is 2.50. The van der Waals surface area contributed by atoms with Crippen LogP contribution in [-0.4, -0.2) is 47.8 Å². The highest BCUT2D eigenvalue weighted by atomic mass is 79.9. The zero-order chi connectivity index (χ0) is 22.7. The van der Waals surface area contributed by atoms with Gasteiger partial charge in [-0.1, -0.05) is 35.0 Å². The van der Waals surface area contributed by atoms with Crippen LogP contribution in [0.15, 0.2) is 46.6 Å². The first-order chi connectivity index (χ1) is 14.8. The summed E-state index contributed by atoms with van der Waals surface area (Å²) in [5, 5.41) is 10.1. The highest BCUT2D eigenvalue weighted by Gasteiger charge is 2.40. The van der Waals surface area contributed by atoms with Crippen molar-refractivity contribution in [2.24, 2.45) is 0 Å². The number of hydrogen-bond donors (Lipinski definition) is 1. The van der Waals surface area contributed by atoms with Gasteiger partial charge in [0.15, 0.2) is 16.6 Å². The Bertz CT molecular complexity index is 1070. The first-order valence-electron chi connectivity index (χ1n) is 9.40. The quantitative estimate of drug-likeness (QED) is 0.363. The predicted octanol–water partition coefficient (Wildman–Crippen LogP) is 3.87. The maximum atomic E-state index is 13.4. The highest BCUT2D eigenvalue weighted by molar-refractivity contribution is 9.10. The van der Waals surface area contributed by atoms with Gasteiger partial charge in [-0.25, -0.2) is 0 Å². The molecule has 7 nitrogen and oxygen atoms in total. The third-order valence-electron chi connectivity index (χ3n) is 4.84. The van der Waals surface area contributed by atoms with Crippen LogP contribution in [-0.2, 0) is 20.7 Å². The van der Waals surface area contributed by atoms with Gasteiger partial charge in [0.2, 0.25) is 0 Å². The number of aryl methyl sites for hydroxylation is 1. The van der Waals surface area contributed by atoms with Crippen molar-refractivity contribution >= 4 is 56.9 Å². The van der Waals surface area contributed by atoms with E-state index in [9.17, 15) is 14.7 Å². The van der Waals surface area contributed by atoms with E-state index in [1.165, 1.54) is 30.1 Å². The molecular weight excluding hydrogens is 484 g/mol. The maximum absolute atomic E-state index is 13.4. The van der Waals surface area contributed by atoms with Crippen LogP contribution in [0, 0.1) is 0 Å². The lowest BCUT2D eigenvalue weighted by Crippen LogP contribution is -2.35. The number of anilines is 1. The average Bonchev–Trinajstić information content (AvgIpc) is 2.99. The van der Waals surface area contributed by atoms with Gasteiger partial charge in [-0.05, 0) is 60.1 Å². The van der Waals surface area contributed by atoms with Gasteiger partial charge < -0.3 is 19.5 Å². The number of hydrogen-bond acceptors (Lipinski definition) is 6. The van der Waals surface area contributed by atoms with Crippen LogP contribution in [0.25, 0.3) is 6.08 Å². The Morgan fingerprint density at radius 2 is 1.90 bits per heavy atom. The highest BCUT2D eigenvalue weighted by Crippen LogP contribution is 2.35. The number of thiocarbonyl (C=S) groups is 1. The lowest BCUT2D eigenvalue weighted by atomic mass is 10.1. The van der Waals surface area contributed by atoms with Crippen molar-refractivity contribution in [3.05, 3.63) is 57.7 Å². The summed E-state index contributed by atoms with van der Waals surface area (Å²) in [6.45, 7) is 1.83. The minimum Gasteiger partial charge on any atom is -0.504 e. The smallest absolute Gasteiger partial charge is 0.325 e. The molecule has 1 N–H and O–H groups in total. The van der Waals surface area contributed by atoms with Crippen LogP contribution in [0.5, 0.6) is 11.5 Å². The minimum absolute atomic E-state index is 0.0474. The summed E-state index contributed by atoms with van der Waals surface area (Å²) < 4.78 is 10.5. The molecule has 0 aromatic heterocycles. The van der Waals surface area contributed by atoms with Crippen molar-refractivity contribution in [2.75, 3.05) is 25.7 Å². The molecule has 0 spiro atoms. The fourth-order valence-electron chi connectivity index (χ4n) is 3.12. The van der Waals surface area contributed by atoms with Crippen LogP contribution < -0.4 is 9.64 Å². The van der Waals surface area contributed by atoms with Crippen molar-refractivity contribution < 1.29 is 24.2 Å². The minimum atomic E-state index is -0.536. The number of nitrogens with zero attached hydrogens (tertiary/aromatic N) is 2. The number of aromatic hydroxyl groups is 1. The third kappa shape index (κ3) is 4.57. The van der Waals surface area contributed by atoms with Crippen LogP contribution >= 0.6 is 28.1 Å². The molecule has 2 aromatic rings. The second-order valence-electron chi connectivity index (χ2n) is 6.68. The second kappa shape index (κ2) is 9.49. The molecule has 0 atom stereocenters. The molecule has 2 aromatic carbocycles. The van der Waals surface area contributed by atoms with Crippen LogP contribution in [0.4, 0.5) is 5.69 Å². The summed E-state index contributed by atoms with van der Waals surface area (Å²) in [5.74, 6) is -0.716. The van der Waals surface area contributed by atoms with Gasteiger partial charge in [0.05, 0.1) is 19.9 Å². The summed E-state index contributed by atoms with van der Waals surface area (Å²) >= 11 is 8.94. The van der Waals surface area contributed by atoms with E-state index in [0.717, 1.165) is 12.0 Å². The Hall–Kier alpha value is -2.91. The fraction of sp³-hybridized carbons (Fsp3) is 0.227. The number of halogens is 1. The van der Waals surface area contributed by atoms with E-state index >= 15 is 0 Å². The first kappa shape index (κ1) is 22.8. The molecule has 0 saturated carbocycles. The first-order valence-corrected chi connectivity index (χ1v) is 10.6. The van der Waals surface area contributed by atoms with E-state index in [0.29, 0.717) is 15.7 Å². The molecular formula is C22H21BrN2O5S. The van der Waals surface area contributed by atoms with Crippen LogP contribution in [0.3, 0.4) is 0 Å². The average molecular weight is 505 g/mol. The zero-order valence-electron chi connectivity index (χ0n) is 17.2. The van der Waals surface area contributed by atoms with Gasteiger partial charge in [0.25, 0.3) is 5.91 Å². The van der Waals surface area contributed by atoms with Crippen molar-refractivity contribution in [1.82, 2.24) is 4.90 Å². The van der Waals surface area contributed by atoms with Gasteiger partial charge >= 0.3 is 5.97 Å². The number of methoxy groups -OCH3 is 2. The summed E-state index contributed by atoms with van der Waals surface area (Å²) in [6.07, 6.45) is 2.46. The lowest BCUT2D eigenvalue weighted by molar-refractivity contribution is -0.140. The standard InChI is InChI=1S/C22H21BrN2O5S/c1-4-13-5-7-15(8-6-13)25-21(28)17(24(22(25)31)12-20(27)30-3)9-14-10-19(29-2)18(26)11-16(14)23/h5-11,26H,4,12H2,1-3H3/b17-9-. The zero-order valence-corrected chi connectivity index (χ0v) is 19.6. The molecule has 1 heterocycles. The van der Waals surface area contributed by atoms with Crippen molar-refractivity contribution in [1.29, 1.82) is 0 Å². The number of phenols is 1. The Morgan fingerprint density at radius 3 is 2.48 bits per heavy atom. The van der Waals surface area contributed by atoms with Gasteiger partial charge in [-0.15, -0.1) is 0 Å². The molecule has 1 fully saturated rings. The largest absolute Gasteiger partial charge is 0.504 e. The molecule has 0 radical (unpaired) electrons. The molecule has 162 valence electrons. The van der Waals surface area contributed by atoms with E-state index in [2.05, 4.69) is 15.9 Å². The molecule has 1 aliphatic heterocycles. The molecule has 1 saturated heterocycles. The van der Waals surface area contributed by atoms with Gasteiger partial charge in [-0.2, -0.15) is 0 Å². The number of carbonyl (C=O) groups excluding carboxylic acids is 2. The molecule has 0 aliphatic carbocycles. The van der Waals surface area contributed by atoms with Gasteiger partial charge in [0.1, 0.15) is 12.2 Å². The topological polar surface area (TPSA) is 79.3 Å². The van der Waals surface area contributed by atoms with E-state index in [-0.39, 0.29) is 34.8 Å². The number of esters is 1. The lowest BCUT2D eigenvalue weighted by Gasteiger charge is -2.19. The second-order valence-corrected chi connectivity index (χ2v) is 7.90. The molecule has 0 unspecified atom stereocenters. The van der Waals surface area contributed by atoms with Crippen LogP contribution in [0.1, 0.15) is 18.1 Å². The fourth-order valence-corrected chi connectivity index (χ4v) is 3.91. The summed E-state index contributed by atoms with van der Waals surface area (Å²) in [4.78, 5) is 28.2. The Morgan fingerprint density at radius 1 is 1.23 bits per heavy atom. The number of carbonyl (C=O) groups is 2. The van der Waals surface area contributed by atoms with Gasteiger partial charge in [0, 0.05) is 4.47 Å². The maximum Gasteiger partial charge on any atom is 0.325 e. The number of ether oxygens (including phenoxy) is 2. The monoisotopic (exact) mass is 504 g/mol. The van der Waals surface area contributed by atoms with Crippen molar-refractivity contribution in [3.8, 4) is 11.5 Å². The Balaban J connectivity index is 2.09. The number of benzene rings is 2. The van der Waals surface area contributed by atoms with E-state index in [1.807, 2.05) is 31.2 Å². The summed E-state index contributed by atoms with van der Waals surface area (Å²) in [6, 6.07) is 10.5. The third-order valence-corrected chi connectivity index (χ3v) is 5.93.